The van der Waals surface area contributed by atoms with Gasteiger partial charge in [0.25, 0.3) is 0 Å². The number of benzene rings is 7. The van der Waals surface area contributed by atoms with Crippen LogP contribution >= 0.6 is 11.8 Å². The van der Waals surface area contributed by atoms with Gasteiger partial charge in [0.2, 0.25) is 0 Å². The minimum Gasteiger partial charge on any atom is -0.0888 e. The molecule has 0 saturated heterocycles. The first-order chi connectivity index (χ1) is 22.8. The molecular formula is C45H28S. The molecule has 0 N–H and O–H groups in total. The van der Waals surface area contributed by atoms with Crippen LogP contribution in [0.3, 0.4) is 0 Å². The van der Waals surface area contributed by atoms with E-state index in [-0.39, 0.29) is 0 Å². The fourth-order valence-electron chi connectivity index (χ4n) is 7.72. The number of allylic oxidation sites excluding steroid dienone is 4. The predicted octanol–water partition coefficient (Wildman–Crippen LogP) is 12.6. The molecule has 1 aliphatic heterocycles. The number of hydrogen-bond acceptors (Lipinski definition) is 1. The highest BCUT2D eigenvalue weighted by Crippen LogP contribution is 2.50. The topological polar surface area (TPSA) is 0 Å². The highest BCUT2D eigenvalue weighted by molar-refractivity contribution is 7.99. The van der Waals surface area contributed by atoms with Crippen LogP contribution in [0.15, 0.2) is 161 Å². The minimum absolute atomic E-state index is 0.962. The lowest BCUT2D eigenvalue weighted by Crippen LogP contribution is -1.95. The van der Waals surface area contributed by atoms with Crippen molar-refractivity contribution in [3.05, 3.63) is 168 Å². The second-order valence-corrected chi connectivity index (χ2v) is 13.6. The highest BCUT2D eigenvalue weighted by Gasteiger charge is 2.22. The van der Waals surface area contributed by atoms with Crippen molar-refractivity contribution in [1.82, 2.24) is 0 Å². The first-order valence-corrected chi connectivity index (χ1v) is 16.8. The summed E-state index contributed by atoms with van der Waals surface area (Å²) in [6, 6.07) is 47.5. The zero-order valence-electron chi connectivity index (χ0n) is 25.1. The summed E-state index contributed by atoms with van der Waals surface area (Å²) in [4.78, 5) is 2.66. The minimum atomic E-state index is 0.962. The zero-order valence-corrected chi connectivity index (χ0v) is 25.9. The Bertz CT molecular complexity index is 2510. The Kier molecular flexibility index (Phi) is 5.67. The first-order valence-electron chi connectivity index (χ1n) is 16.0. The zero-order chi connectivity index (χ0) is 30.2. The SMILES string of the molecule is C1=Cc2ccc3ccc(-c4cc(-c5ccccc5)cc(-c5ccc6c7c(cccc57)-c5ccccc5S6)c4)c4c3c2CC(=C1)C=C4. The van der Waals surface area contributed by atoms with Gasteiger partial charge in [0.1, 0.15) is 0 Å². The van der Waals surface area contributed by atoms with Crippen molar-refractivity contribution in [2.24, 2.45) is 0 Å². The molecular weight excluding hydrogens is 573 g/mol. The third-order valence-electron chi connectivity index (χ3n) is 9.86. The molecule has 46 heavy (non-hydrogen) atoms. The van der Waals surface area contributed by atoms with Gasteiger partial charge in [-0.25, -0.2) is 0 Å². The van der Waals surface area contributed by atoms with Crippen molar-refractivity contribution >= 4 is 45.5 Å². The van der Waals surface area contributed by atoms with Gasteiger partial charge in [-0.3, -0.25) is 0 Å². The van der Waals surface area contributed by atoms with Crippen molar-refractivity contribution in [2.75, 3.05) is 0 Å². The van der Waals surface area contributed by atoms with Crippen LogP contribution < -0.4 is 0 Å². The lowest BCUT2D eigenvalue weighted by Gasteiger charge is -2.22. The molecule has 7 aromatic carbocycles. The Morgan fingerprint density at radius 3 is 2.20 bits per heavy atom. The van der Waals surface area contributed by atoms with Gasteiger partial charge in [0, 0.05) is 15.2 Å². The maximum Gasteiger partial charge on any atom is 0.0207 e. The van der Waals surface area contributed by atoms with Crippen molar-refractivity contribution in [2.45, 2.75) is 16.2 Å². The first kappa shape index (κ1) is 25.9. The Labute approximate surface area is 273 Å². The van der Waals surface area contributed by atoms with E-state index in [0.29, 0.717) is 0 Å². The molecule has 3 aliphatic rings. The summed E-state index contributed by atoms with van der Waals surface area (Å²) in [7, 11) is 0. The van der Waals surface area contributed by atoms with Gasteiger partial charge in [-0.1, -0.05) is 139 Å². The Morgan fingerprint density at radius 2 is 1.26 bits per heavy atom. The molecule has 0 fully saturated rings. The van der Waals surface area contributed by atoms with Crippen LogP contribution in [0.1, 0.15) is 16.7 Å². The van der Waals surface area contributed by atoms with Gasteiger partial charge in [-0.15, -0.1) is 0 Å². The van der Waals surface area contributed by atoms with Crippen LogP contribution in [-0.4, -0.2) is 0 Å². The summed E-state index contributed by atoms with van der Waals surface area (Å²) in [6.45, 7) is 0. The fraction of sp³-hybridized carbons (Fsp3) is 0.0222. The van der Waals surface area contributed by atoms with Crippen LogP contribution in [0.4, 0.5) is 0 Å². The highest BCUT2D eigenvalue weighted by atomic mass is 32.2. The van der Waals surface area contributed by atoms with Gasteiger partial charge in [0.05, 0.1) is 0 Å². The second-order valence-electron chi connectivity index (χ2n) is 12.5. The average Bonchev–Trinajstić information content (AvgIpc) is 3.45. The number of fused-ring (bicyclic) bond motifs is 3. The molecule has 0 nitrogen and oxygen atoms in total. The molecule has 214 valence electrons. The summed E-state index contributed by atoms with van der Waals surface area (Å²) in [5.74, 6) is 0. The van der Waals surface area contributed by atoms with E-state index in [2.05, 4.69) is 158 Å². The molecule has 1 heterocycles. The quantitative estimate of drug-likeness (QED) is 0.194. The Morgan fingerprint density at radius 1 is 0.478 bits per heavy atom. The van der Waals surface area contributed by atoms with E-state index in [1.807, 2.05) is 11.8 Å². The molecule has 0 atom stereocenters. The third-order valence-corrected chi connectivity index (χ3v) is 11.0. The summed E-state index contributed by atoms with van der Waals surface area (Å²) in [5, 5.41) is 5.35. The van der Waals surface area contributed by atoms with Crippen LogP contribution in [0, 0.1) is 0 Å². The van der Waals surface area contributed by atoms with Crippen LogP contribution in [0.2, 0.25) is 0 Å². The van der Waals surface area contributed by atoms with E-state index in [9.17, 15) is 0 Å². The second kappa shape index (κ2) is 10.1. The number of rotatable bonds is 3. The maximum atomic E-state index is 2.42. The average molecular weight is 601 g/mol. The van der Waals surface area contributed by atoms with E-state index in [0.717, 1.165) is 6.42 Å². The standard InChI is InChI=1S/C45H28S/c1-2-9-29(10-3-1)32-25-33(35-21-19-31-18-17-30-11-6-8-28-16-20-40(35)44(31)41(30)24-28)27-34(26-32)36-22-23-43-45-38(36)13-7-14-39(45)37-12-4-5-15-42(37)46-43/h1-23,25-27H,24H2. The molecule has 7 aromatic rings. The monoisotopic (exact) mass is 600 g/mol. The fourth-order valence-corrected chi connectivity index (χ4v) is 8.85. The van der Waals surface area contributed by atoms with Crippen LogP contribution in [0.5, 0.6) is 0 Å². The largest absolute Gasteiger partial charge is 0.0888 e. The van der Waals surface area contributed by atoms with Crippen LogP contribution in [0.25, 0.3) is 78.2 Å². The molecule has 0 aromatic heterocycles. The van der Waals surface area contributed by atoms with E-state index in [1.165, 1.54) is 98.1 Å². The molecule has 2 aliphatic carbocycles. The number of hydrogen-bond donors (Lipinski definition) is 0. The summed E-state index contributed by atoms with van der Waals surface area (Å²) >= 11 is 1.89. The molecule has 0 unspecified atom stereocenters. The predicted molar refractivity (Wildman–Crippen MR) is 197 cm³/mol. The van der Waals surface area contributed by atoms with Gasteiger partial charge in [0.15, 0.2) is 0 Å². The van der Waals surface area contributed by atoms with Gasteiger partial charge in [-0.05, 0) is 120 Å². The van der Waals surface area contributed by atoms with E-state index in [1.54, 1.807) is 0 Å². The molecule has 0 spiro atoms. The van der Waals surface area contributed by atoms with Crippen molar-refractivity contribution < 1.29 is 0 Å². The summed E-state index contributed by atoms with van der Waals surface area (Å²) in [5.41, 5.74) is 15.6. The summed E-state index contributed by atoms with van der Waals surface area (Å²) in [6.07, 6.45) is 12.4. The normalized spacial score (nSPS) is 13.9. The molecule has 0 amide bonds. The molecule has 2 bridgehead atoms. The third kappa shape index (κ3) is 3.95. The van der Waals surface area contributed by atoms with E-state index >= 15 is 0 Å². The van der Waals surface area contributed by atoms with E-state index in [4.69, 9.17) is 0 Å². The van der Waals surface area contributed by atoms with Gasteiger partial charge >= 0.3 is 0 Å². The molecule has 0 radical (unpaired) electrons. The Hall–Kier alpha value is -5.37. The van der Waals surface area contributed by atoms with Crippen molar-refractivity contribution in [1.29, 1.82) is 0 Å². The summed E-state index contributed by atoms with van der Waals surface area (Å²) < 4.78 is 0. The molecule has 1 heteroatoms. The van der Waals surface area contributed by atoms with Gasteiger partial charge < -0.3 is 0 Å². The van der Waals surface area contributed by atoms with Crippen molar-refractivity contribution in [3.63, 3.8) is 0 Å². The smallest absolute Gasteiger partial charge is 0.0207 e. The van der Waals surface area contributed by atoms with Crippen LogP contribution in [-0.2, 0) is 6.42 Å². The lowest BCUT2D eigenvalue weighted by atomic mass is 9.86. The molecule has 0 saturated carbocycles. The maximum absolute atomic E-state index is 2.42. The van der Waals surface area contributed by atoms with Gasteiger partial charge in [-0.2, -0.15) is 0 Å². The van der Waals surface area contributed by atoms with E-state index < -0.39 is 0 Å². The lowest BCUT2D eigenvalue weighted by molar-refractivity contribution is 1.23. The Balaban J connectivity index is 1.25. The van der Waals surface area contributed by atoms with Crippen molar-refractivity contribution in [3.8, 4) is 44.5 Å². The molecule has 10 rings (SSSR count).